The number of aromatic nitrogens is 5. The molecule has 1 saturated heterocycles. The zero-order chi connectivity index (χ0) is 25.0. The smallest absolute Gasteiger partial charge is 0.158 e. The van der Waals surface area contributed by atoms with Gasteiger partial charge in [-0.1, -0.05) is 21.3 Å². The number of aromatic amines is 1. The van der Waals surface area contributed by atoms with Crippen molar-refractivity contribution in [2.24, 2.45) is 0 Å². The Labute approximate surface area is 220 Å². The molecule has 37 heavy (non-hydrogen) atoms. The van der Waals surface area contributed by atoms with Crippen LogP contribution in [0.2, 0.25) is 0 Å². The summed E-state index contributed by atoms with van der Waals surface area (Å²) in [6, 6.07) is 5.46. The van der Waals surface area contributed by atoms with E-state index < -0.39 is 0 Å². The Morgan fingerprint density at radius 1 is 1.08 bits per heavy atom. The van der Waals surface area contributed by atoms with Crippen molar-refractivity contribution >= 4 is 16.7 Å². The van der Waals surface area contributed by atoms with E-state index in [-0.39, 0.29) is 7.43 Å². The van der Waals surface area contributed by atoms with Gasteiger partial charge >= 0.3 is 0 Å². The standard InChI is InChI=1S/C29H38N6O.CH4/c1-17(2)26-27(23-14-35-29(30-16-31-35)19(4)18(23)3)33-25-12-11-24(32-28(25)26)20-7-9-21(10-8-20)34-13-5-6-22(34)15-36;/h11-12,14,16-17,20-22,33,36H,5-10,13,15H2,1-4H3;1H4/t20?,21?,22-;/m1./s1. The van der Waals surface area contributed by atoms with Crippen LogP contribution in [0.1, 0.15) is 94.0 Å². The molecule has 1 aliphatic heterocycles. The van der Waals surface area contributed by atoms with E-state index in [9.17, 15) is 5.11 Å². The number of H-pyrrole nitrogens is 1. The third kappa shape index (κ3) is 4.36. The molecule has 6 rings (SSSR count). The molecule has 0 amide bonds. The molecule has 198 valence electrons. The predicted molar refractivity (Wildman–Crippen MR) is 150 cm³/mol. The lowest BCUT2D eigenvalue weighted by molar-refractivity contribution is 0.0942. The van der Waals surface area contributed by atoms with Crippen molar-refractivity contribution in [1.29, 1.82) is 0 Å². The summed E-state index contributed by atoms with van der Waals surface area (Å²) < 4.78 is 1.88. The molecule has 0 unspecified atom stereocenters. The van der Waals surface area contributed by atoms with Gasteiger partial charge in [0, 0.05) is 41.0 Å². The molecule has 7 nitrogen and oxygen atoms in total. The summed E-state index contributed by atoms with van der Waals surface area (Å²) in [4.78, 5) is 16.0. The molecule has 0 radical (unpaired) electrons. The second-order valence-electron chi connectivity index (χ2n) is 11.2. The Morgan fingerprint density at radius 2 is 1.86 bits per heavy atom. The Bertz CT molecular complexity index is 1390. The van der Waals surface area contributed by atoms with Gasteiger partial charge in [0.2, 0.25) is 0 Å². The fourth-order valence-corrected chi connectivity index (χ4v) is 6.79. The van der Waals surface area contributed by atoms with Crippen LogP contribution in [-0.4, -0.2) is 59.8 Å². The molecule has 4 aromatic heterocycles. The van der Waals surface area contributed by atoms with E-state index in [4.69, 9.17) is 4.98 Å². The molecule has 0 spiro atoms. The summed E-state index contributed by atoms with van der Waals surface area (Å²) in [5.41, 5.74) is 10.3. The molecule has 1 atom stereocenters. The molecule has 7 heteroatoms. The van der Waals surface area contributed by atoms with Crippen molar-refractivity contribution in [3.63, 3.8) is 0 Å². The number of aryl methyl sites for hydroxylation is 1. The molecular formula is C30H42N6O. The van der Waals surface area contributed by atoms with Crippen LogP contribution in [0.25, 0.3) is 27.9 Å². The number of hydrogen-bond donors (Lipinski definition) is 2. The van der Waals surface area contributed by atoms with Gasteiger partial charge in [-0.05, 0) is 88.1 Å². The highest BCUT2D eigenvalue weighted by atomic mass is 16.3. The first-order valence-corrected chi connectivity index (χ1v) is 13.6. The van der Waals surface area contributed by atoms with E-state index in [0.29, 0.717) is 30.5 Å². The van der Waals surface area contributed by atoms with E-state index in [1.54, 1.807) is 6.33 Å². The molecule has 1 aliphatic carbocycles. The van der Waals surface area contributed by atoms with Crippen molar-refractivity contribution in [3.05, 3.63) is 47.0 Å². The second-order valence-corrected chi connectivity index (χ2v) is 11.2. The van der Waals surface area contributed by atoms with Gasteiger partial charge < -0.3 is 10.1 Å². The molecule has 2 aliphatic rings. The van der Waals surface area contributed by atoms with Crippen molar-refractivity contribution in [2.75, 3.05) is 13.2 Å². The number of aliphatic hydroxyl groups excluding tert-OH is 1. The highest BCUT2D eigenvalue weighted by Crippen LogP contribution is 2.40. The predicted octanol–water partition coefficient (Wildman–Crippen LogP) is 6.13. The van der Waals surface area contributed by atoms with Crippen molar-refractivity contribution in [2.45, 2.75) is 97.6 Å². The Balaban J connectivity index is 0.00000280. The topological polar surface area (TPSA) is 82.3 Å². The SMILES string of the molecule is C.Cc1c(-c2[nH]c3ccc(C4CCC(N5CCC[C@@H]5CO)CC4)nc3c2C(C)C)cn2ncnc2c1C. The van der Waals surface area contributed by atoms with Crippen molar-refractivity contribution in [1.82, 2.24) is 29.5 Å². The van der Waals surface area contributed by atoms with Gasteiger partial charge in [0.1, 0.15) is 6.33 Å². The minimum Gasteiger partial charge on any atom is -0.395 e. The van der Waals surface area contributed by atoms with Crippen LogP contribution in [0, 0.1) is 13.8 Å². The van der Waals surface area contributed by atoms with Gasteiger partial charge in [-0.2, -0.15) is 5.10 Å². The van der Waals surface area contributed by atoms with E-state index >= 15 is 0 Å². The Morgan fingerprint density at radius 3 is 2.59 bits per heavy atom. The van der Waals surface area contributed by atoms with Gasteiger partial charge in [-0.3, -0.25) is 9.88 Å². The van der Waals surface area contributed by atoms with Gasteiger partial charge in [0.15, 0.2) is 5.65 Å². The average molecular weight is 503 g/mol. The molecule has 1 saturated carbocycles. The third-order valence-corrected chi connectivity index (χ3v) is 8.89. The third-order valence-electron chi connectivity index (χ3n) is 8.89. The maximum Gasteiger partial charge on any atom is 0.158 e. The van der Waals surface area contributed by atoms with Crippen molar-refractivity contribution in [3.8, 4) is 11.3 Å². The summed E-state index contributed by atoms with van der Waals surface area (Å²) >= 11 is 0. The highest BCUT2D eigenvalue weighted by molar-refractivity contribution is 5.89. The Kier molecular flexibility index (Phi) is 7.12. The van der Waals surface area contributed by atoms with Crippen LogP contribution >= 0.6 is 0 Å². The zero-order valence-corrected chi connectivity index (χ0v) is 22.0. The monoisotopic (exact) mass is 502 g/mol. The lowest BCUT2D eigenvalue weighted by Crippen LogP contribution is -2.42. The van der Waals surface area contributed by atoms with E-state index in [1.807, 2.05) is 4.52 Å². The number of nitrogens with one attached hydrogen (secondary N) is 1. The van der Waals surface area contributed by atoms with Gasteiger partial charge in [0.05, 0.1) is 23.3 Å². The molecule has 2 fully saturated rings. The molecule has 5 heterocycles. The fraction of sp³-hybridized carbons (Fsp3) is 0.567. The van der Waals surface area contributed by atoms with Crippen LogP contribution in [0.4, 0.5) is 0 Å². The highest BCUT2D eigenvalue weighted by Gasteiger charge is 2.33. The normalized spacial score (nSPS) is 22.8. The second kappa shape index (κ2) is 10.2. The van der Waals surface area contributed by atoms with Crippen LogP contribution in [0.3, 0.4) is 0 Å². The zero-order valence-electron chi connectivity index (χ0n) is 22.0. The fourth-order valence-electron chi connectivity index (χ4n) is 6.79. The molecule has 2 N–H and O–H groups in total. The minimum absolute atomic E-state index is 0. The summed E-state index contributed by atoms with van der Waals surface area (Å²) in [6.45, 7) is 10.3. The number of nitrogens with zero attached hydrogens (tertiary/aromatic N) is 5. The van der Waals surface area contributed by atoms with Crippen molar-refractivity contribution < 1.29 is 5.11 Å². The Hall–Kier alpha value is -2.77. The number of likely N-dealkylation sites (tertiary alicyclic amines) is 1. The first-order valence-electron chi connectivity index (χ1n) is 13.6. The number of pyridine rings is 2. The molecule has 0 bridgehead atoms. The quantitative estimate of drug-likeness (QED) is 0.343. The number of rotatable bonds is 5. The van der Waals surface area contributed by atoms with Gasteiger partial charge in [-0.15, -0.1) is 0 Å². The molecule has 0 aromatic carbocycles. The number of hydrogen-bond acceptors (Lipinski definition) is 5. The van der Waals surface area contributed by atoms with E-state index in [1.165, 1.54) is 54.5 Å². The summed E-state index contributed by atoms with van der Waals surface area (Å²) in [5.74, 6) is 0.846. The van der Waals surface area contributed by atoms with E-state index in [2.05, 4.69) is 66.0 Å². The van der Waals surface area contributed by atoms with Gasteiger partial charge in [-0.25, -0.2) is 9.50 Å². The lowest BCUT2D eigenvalue weighted by Gasteiger charge is -2.37. The first kappa shape index (κ1) is 25.9. The largest absolute Gasteiger partial charge is 0.395 e. The lowest BCUT2D eigenvalue weighted by atomic mass is 9.83. The van der Waals surface area contributed by atoms with Gasteiger partial charge in [0.25, 0.3) is 0 Å². The average Bonchev–Trinajstić information content (AvgIpc) is 3.63. The maximum atomic E-state index is 9.76. The summed E-state index contributed by atoms with van der Waals surface area (Å²) in [5, 5.41) is 14.2. The molecular weight excluding hydrogens is 460 g/mol. The first-order chi connectivity index (χ1) is 17.5. The summed E-state index contributed by atoms with van der Waals surface area (Å²) in [6.07, 6.45) is 10.8. The molecule has 4 aromatic rings. The number of fused-ring (bicyclic) bond motifs is 2. The minimum atomic E-state index is 0. The van der Waals surface area contributed by atoms with E-state index in [0.717, 1.165) is 40.9 Å². The number of aliphatic hydroxyl groups is 1. The van der Waals surface area contributed by atoms with Crippen LogP contribution in [0.5, 0.6) is 0 Å². The van der Waals surface area contributed by atoms with Crippen LogP contribution in [0.15, 0.2) is 24.7 Å². The summed E-state index contributed by atoms with van der Waals surface area (Å²) in [7, 11) is 0. The van der Waals surface area contributed by atoms with Crippen LogP contribution < -0.4 is 0 Å². The maximum absolute atomic E-state index is 9.76. The van der Waals surface area contributed by atoms with Crippen LogP contribution in [-0.2, 0) is 0 Å².